The van der Waals surface area contributed by atoms with Gasteiger partial charge >= 0.3 is 0 Å². The number of hydrogen-bond donors (Lipinski definition) is 1. The molecular weight excluding hydrogens is 286 g/mol. The lowest BCUT2D eigenvalue weighted by atomic mass is 9.96. The van der Waals surface area contributed by atoms with Gasteiger partial charge < -0.3 is 0 Å². The predicted molar refractivity (Wildman–Crippen MR) is 74.7 cm³/mol. The number of nitrogens with one attached hydrogen (secondary N) is 1. The van der Waals surface area contributed by atoms with E-state index in [-0.39, 0.29) is 16.8 Å². The summed E-state index contributed by atoms with van der Waals surface area (Å²) in [5, 5.41) is 6.68. The molecule has 108 valence electrons. The first-order chi connectivity index (χ1) is 8.98. The summed E-state index contributed by atoms with van der Waals surface area (Å²) in [4.78, 5) is 0.246. The third kappa shape index (κ3) is 2.80. The molecule has 2 rings (SSSR count). The van der Waals surface area contributed by atoms with Gasteiger partial charge in [0.15, 0.2) is 0 Å². The maximum atomic E-state index is 12.7. The van der Waals surface area contributed by atoms with Crippen LogP contribution in [0, 0.1) is 6.92 Å². The highest BCUT2D eigenvalue weighted by Crippen LogP contribution is 2.29. The van der Waals surface area contributed by atoms with Crippen LogP contribution in [0.3, 0.4) is 0 Å². The van der Waals surface area contributed by atoms with Crippen molar-refractivity contribution in [3.63, 3.8) is 0 Å². The van der Waals surface area contributed by atoms with E-state index in [4.69, 9.17) is 11.6 Å². The van der Waals surface area contributed by atoms with Gasteiger partial charge in [0.2, 0.25) is 10.0 Å². The zero-order valence-corrected chi connectivity index (χ0v) is 12.9. The van der Waals surface area contributed by atoms with Crippen molar-refractivity contribution in [2.45, 2.75) is 55.8 Å². The molecule has 1 aliphatic carbocycles. The molecule has 1 saturated carbocycles. The third-order valence-electron chi connectivity index (χ3n) is 3.81. The van der Waals surface area contributed by atoms with Gasteiger partial charge in [-0.15, -0.1) is 11.6 Å². The predicted octanol–water partition coefficient (Wildman–Crippen LogP) is 2.41. The molecule has 0 amide bonds. The Morgan fingerprint density at radius 3 is 2.58 bits per heavy atom. The van der Waals surface area contributed by atoms with Crippen molar-refractivity contribution in [2.24, 2.45) is 0 Å². The molecule has 0 aromatic carbocycles. The van der Waals surface area contributed by atoms with Crippen LogP contribution in [-0.4, -0.2) is 36.0 Å². The molecule has 5 nitrogen and oxygen atoms in total. The highest BCUT2D eigenvalue weighted by Gasteiger charge is 2.33. The van der Waals surface area contributed by atoms with E-state index in [9.17, 15) is 8.42 Å². The molecule has 1 heterocycles. The average molecular weight is 306 g/mol. The molecule has 0 atom stereocenters. The monoisotopic (exact) mass is 305 g/mol. The van der Waals surface area contributed by atoms with Crippen LogP contribution in [0.25, 0.3) is 0 Å². The smallest absolute Gasteiger partial charge is 0.246 e. The quantitative estimate of drug-likeness (QED) is 0.869. The Labute approximate surface area is 119 Å². The normalized spacial score (nSPS) is 18.1. The molecule has 1 aliphatic rings. The maximum Gasteiger partial charge on any atom is 0.246 e. The number of rotatable bonds is 4. The van der Waals surface area contributed by atoms with Gasteiger partial charge in [-0.2, -0.15) is 9.40 Å². The molecule has 1 fully saturated rings. The van der Waals surface area contributed by atoms with Crippen molar-refractivity contribution in [3.8, 4) is 0 Å². The van der Waals surface area contributed by atoms with E-state index in [1.54, 1.807) is 14.0 Å². The van der Waals surface area contributed by atoms with E-state index in [0.717, 1.165) is 25.7 Å². The molecule has 0 spiro atoms. The summed E-state index contributed by atoms with van der Waals surface area (Å²) in [6, 6.07) is 0.0937. The van der Waals surface area contributed by atoms with Crippen molar-refractivity contribution in [1.82, 2.24) is 14.5 Å². The SMILES string of the molecule is Cc1[nH]nc(CCl)c1S(=O)(=O)N(C)C1CCCCC1. The summed E-state index contributed by atoms with van der Waals surface area (Å²) >= 11 is 5.78. The standard InChI is InChI=1S/C12H20ClN3O2S/c1-9-12(11(8-13)15-14-9)19(17,18)16(2)10-6-4-3-5-7-10/h10H,3-8H2,1-2H3,(H,14,15). The number of halogens is 1. The zero-order chi connectivity index (χ0) is 14.0. The minimum atomic E-state index is -3.51. The number of hydrogen-bond acceptors (Lipinski definition) is 3. The number of H-pyrrole nitrogens is 1. The topological polar surface area (TPSA) is 66.1 Å². The van der Waals surface area contributed by atoms with Gasteiger partial charge in [0, 0.05) is 13.1 Å². The van der Waals surface area contributed by atoms with Crippen molar-refractivity contribution in [2.75, 3.05) is 7.05 Å². The van der Waals surface area contributed by atoms with Gasteiger partial charge in [0.05, 0.1) is 17.3 Å². The summed E-state index contributed by atoms with van der Waals surface area (Å²) in [5.74, 6) is 0.0947. The highest BCUT2D eigenvalue weighted by molar-refractivity contribution is 7.89. The molecule has 1 aromatic rings. The Kier molecular flexibility index (Phi) is 4.53. The first-order valence-corrected chi connectivity index (χ1v) is 8.53. The summed E-state index contributed by atoms with van der Waals surface area (Å²) < 4.78 is 26.9. The summed E-state index contributed by atoms with van der Waals surface area (Å²) in [6.07, 6.45) is 5.25. The second-order valence-corrected chi connectivity index (χ2v) is 7.27. The number of sulfonamides is 1. The maximum absolute atomic E-state index is 12.7. The van der Waals surface area contributed by atoms with Crippen LogP contribution in [0.15, 0.2) is 4.90 Å². The van der Waals surface area contributed by atoms with Crippen molar-refractivity contribution in [1.29, 1.82) is 0 Å². The summed E-state index contributed by atoms with van der Waals surface area (Å²) in [5.41, 5.74) is 0.958. The fourth-order valence-electron chi connectivity index (χ4n) is 2.69. The summed E-state index contributed by atoms with van der Waals surface area (Å²) in [7, 11) is -1.85. The lowest BCUT2D eigenvalue weighted by Gasteiger charge is -2.30. The van der Waals surface area contributed by atoms with E-state index < -0.39 is 10.0 Å². The molecule has 0 unspecified atom stereocenters. The van der Waals surface area contributed by atoms with Crippen molar-refractivity contribution >= 4 is 21.6 Å². The Bertz CT molecular complexity index is 535. The van der Waals surface area contributed by atoms with Crippen molar-refractivity contribution < 1.29 is 8.42 Å². The minimum Gasteiger partial charge on any atom is -0.281 e. The van der Waals surface area contributed by atoms with E-state index in [1.807, 2.05) is 0 Å². The first kappa shape index (κ1) is 14.8. The lowest BCUT2D eigenvalue weighted by molar-refractivity contribution is 0.285. The van der Waals surface area contributed by atoms with Crippen LogP contribution in [0.1, 0.15) is 43.5 Å². The third-order valence-corrected chi connectivity index (χ3v) is 6.18. The average Bonchev–Trinajstić information content (AvgIpc) is 2.80. The molecule has 7 heteroatoms. The highest BCUT2D eigenvalue weighted by atomic mass is 35.5. The van der Waals surface area contributed by atoms with Crippen molar-refractivity contribution in [3.05, 3.63) is 11.4 Å². The second-order valence-electron chi connectivity index (χ2n) is 5.07. The lowest BCUT2D eigenvalue weighted by Crippen LogP contribution is -2.38. The molecule has 0 bridgehead atoms. The van der Waals surface area contributed by atoms with E-state index in [2.05, 4.69) is 10.2 Å². The van der Waals surface area contributed by atoms with Gasteiger partial charge in [-0.05, 0) is 19.8 Å². The molecule has 0 aliphatic heterocycles. The molecule has 1 aromatic heterocycles. The Morgan fingerprint density at radius 2 is 2.00 bits per heavy atom. The zero-order valence-electron chi connectivity index (χ0n) is 11.3. The summed E-state index contributed by atoms with van der Waals surface area (Å²) in [6.45, 7) is 1.71. The fraction of sp³-hybridized carbons (Fsp3) is 0.750. The molecule has 1 N–H and O–H groups in total. The van der Waals surface area contributed by atoms with Gasteiger partial charge in [0.1, 0.15) is 4.90 Å². The van der Waals surface area contributed by atoms with Crippen LogP contribution < -0.4 is 0 Å². The van der Waals surface area contributed by atoms with Crippen LogP contribution in [0.4, 0.5) is 0 Å². The number of nitrogens with zero attached hydrogens (tertiary/aromatic N) is 2. The van der Waals surface area contributed by atoms with Crippen LogP contribution >= 0.6 is 11.6 Å². The largest absolute Gasteiger partial charge is 0.281 e. The molecule has 0 radical (unpaired) electrons. The number of alkyl halides is 1. The molecular formula is C12H20ClN3O2S. The van der Waals surface area contributed by atoms with E-state index in [1.165, 1.54) is 10.7 Å². The van der Waals surface area contributed by atoms with Gasteiger partial charge in [-0.1, -0.05) is 19.3 Å². The molecule has 19 heavy (non-hydrogen) atoms. The van der Waals surface area contributed by atoms with Crippen LogP contribution in [-0.2, 0) is 15.9 Å². The van der Waals surface area contributed by atoms with E-state index >= 15 is 0 Å². The second kappa shape index (κ2) is 5.81. The first-order valence-electron chi connectivity index (χ1n) is 6.56. The minimum absolute atomic E-state index is 0.0937. The van der Waals surface area contributed by atoms with Crippen LogP contribution in [0.2, 0.25) is 0 Å². The molecule has 0 saturated heterocycles. The van der Waals surface area contributed by atoms with Gasteiger partial charge in [0.25, 0.3) is 0 Å². The van der Waals surface area contributed by atoms with Gasteiger partial charge in [-0.3, -0.25) is 5.10 Å². The Balaban J connectivity index is 2.33. The Morgan fingerprint density at radius 1 is 1.37 bits per heavy atom. The number of aryl methyl sites for hydroxylation is 1. The number of aromatic amines is 1. The van der Waals surface area contributed by atoms with Crippen LogP contribution in [0.5, 0.6) is 0 Å². The number of aromatic nitrogens is 2. The van der Waals surface area contributed by atoms with Gasteiger partial charge in [-0.25, -0.2) is 8.42 Å². The Hall–Kier alpha value is -0.590. The fourth-order valence-corrected chi connectivity index (χ4v) is 4.70. The van der Waals surface area contributed by atoms with E-state index in [0.29, 0.717) is 11.4 Å².